The molecule has 0 aliphatic carbocycles. The number of hydrogen-bond acceptors (Lipinski definition) is 6. The van der Waals surface area contributed by atoms with Crippen molar-refractivity contribution >= 4 is 22.2 Å². The average molecular weight is 451 g/mol. The van der Waals surface area contributed by atoms with Gasteiger partial charge in [-0.05, 0) is 54.4 Å². The highest BCUT2D eigenvalue weighted by Crippen LogP contribution is 2.32. The lowest BCUT2D eigenvalue weighted by atomic mass is 10.0. The van der Waals surface area contributed by atoms with Crippen LogP contribution in [0.3, 0.4) is 0 Å². The lowest BCUT2D eigenvalue weighted by Crippen LogP contribution is -1.89. The van der Waals surface area contributed by atoms with E-state index in [1.807, 2.05) is 37.3 Å². The van der Waals surface area contributed by atoms with Crippen LogP contribution in [0.25, 0.3) is 56.1 Å². The number of benzene rings is 1. The zero-order valence-electron chi connectivity index (χ0n) is 18.3. The number of fused-ring (bicyclic) bond motifs is 2. The summed E-state index contributed by atoms with van der Waals surface area (Å²) >= 11 is 0. The van der Waals surface area contributed by atoms with Gasteiger partial charge in [0.25, 0.3) is 0 Å². The van der Waals surface area contributed by atoms with E-state index in [1.165, 1.54) is 12.1 Å². The zero-order valence-corrected chi connectivity index (χ0v) is 18.3. The van der Waals surface area contributed by atoms with E-state index >= 15 is 0 Å². The van der Waals surface area contributed by atoms with Crippen LogP contribution in [0.2, 0.25) is 0 Å². The Kier molecular flexibility index (Phi) is 4.54. The van der Waals surface area contributed by atoms with Crippen molar-refractivity contribution in [3.63, 3.8) is 0 Å². The monoisotopic (exact) mass is 451 g/mol. The summed E-state index contributed by atoms with van der Waals surface area (Å²) in [5.74, 6) is 0.875. The van der Waals surface area contributed by atoms with Crippen LogP contribution in [0.15, 0.2) is 61.1 Å². The molecule has 9 heteroatoms. The van der Waals surface area contributed by atoms with E-state index in [0.29, 0.717) is 33.9 Å². The second-order valence-corrected chi connectivity index (χ2v) is 7.94. The third-order valence-corrected chi connectivity index (χ3v) is 5.62. The van der Waals surface area contributed by atoms with Gasteiger partial charge in [-0.25, -0.2) is 19.3 Å². The van der Waals surface area contributed by atoms with Gasteiger partial charge >= 0.3 is 0 Å². The van der Waals surface area contributed by atoms with Crippen molar-refractivity contribution in [1.82, 2.24) is 35.1 Å². The van der Waals surface area contributed by atoms with Crippen molar-refractivity contribution in [2.24, 2.45) is 0 Å². The zero-order chi connectivity index (χ0) is 23.2. The third kappa shape index (κ3) is 3.34. The van der Waals surface area contributed by atoms with Crippen LogP contribution in [-0.2, 0) is 0 Å². The Hall–Kier alpha value is -4.66. The molecule has 0 aliphatic rings. The van der Waals surface area contributed by atoms with Crippen molar-refractivity contribution in [3.05, 3.63) is 72.4 Å². The normalized spacial score (nSPS) is 11.4. The first-order valence-corrected chi connectivity index (χ1v) is 10.6. The van der Waals surface area contributed by atoms with E-state index < -0.39 is 0 Å². The van der Waals surface area contributed by atoms with Crippen molar-refractivity contribution in [2.45, 2.75) is 6.92 Å². The molecular weight excluding hydrogens is 433 g/mol. The van der Waals surface area contributed by atoms with Crippen LogP contribution in [-0.4, -0.2) is 42.2 Å². The summed E-state index contributed by atoms with van der Waals surface area (Å²) in [7, 11) is 1.60. The minimum Gasteiger partial charge on any atom is -0.495 e. The van der Waals surface area contributed by atoms with Crippen LogP contribution >= 0.6 is 0 Å². The van der Waals surface area contributed by atoms with Gasteiger partial charge in [-0.3, -0.25) is 10.1 Å². The van der Waals surface area contributed by atoms with Gasteiger partial charge in [-0.1, -0.05) is 6.07 Å². The number of imidazole rings is 1. The van der Waals surface area contributed by atoms with E-state index in [1.54, 1.807) is 25.7 Å². The molecule has 0 fully saturated rings. The molecule has 0 saturated heterocycles. The minimum atomic E-state index is -0.290. The first-order valence-electron chi connectivity index (χ1n) is 10.6. The van der Waals surface area contributed by atoms with E-state index in [2.05, 4.69) is 30.1 Å². The van der Waals surface area contributed by atoms with Gasteiger partial charge in [0.05, 0.1) is 30.0 Å². The Labute approximate surface area is 192 Å². The van der Waals surface area contributed by atoms with Crippen LogP contribution < -0.4 is 4.74 Å². The molecule has 0 radical (unpaired) electrons. The highest BCUT2D eigenvalue weighted by molar-refractivity contribution is 5.95. The number of ether oxygens (including phenoxy) is 1. The Morgan fingerprint density at radius 3 is 2.74 bits per heavy atom. The summed E-state index contributed by atoms with van der Waals surface area (Å²) in [4.78, 5) is 21.4. The SMILES string of the molecule is COc1cncc(-c2ccc3[nH]nc(-c4nc5nccc(-c6cc(C)cc(F)c6)c5[nH]4)c3n2)c1. The molecule has 0 saturated carbocycles. The van der Waals surface area contributed by atoms with Gasteiger partial charge < -0.3 is 9.72 Å². The van der Waals surface area contributed by atoms with E-state index in [0.717, 1.165) is 33.5 Å². The summed E-state index contributed by atoms with van der Waals surface area (Å²) in [6.07, 6.45) is 5.04. The molecule has 0 unspecified atom stereocenters. The van der Waals surface area contributed by atoms with Crippen LogP contribution in [0.4, 0.5) is 4.39 Å². The predicted octanol–water partition coefficient (Wildman–Crippen LogP) is 5.08. The molecule has 2 N–H and O–H groups in total. The molecule has 0 amide bonds. The lowest BCUT2D eigenvalue weighted by Gasteiger charge is -2.04. The number of hydrogen-bond donors (Lipinski definition) is 2. The molecule has 5 aromatic heterocycles. The van der Waals surface area contributed by atoms with E-state index in [9.17, 15) is 4.39 Å². The number of nitrogens with zero attached hydrogens (tertiary/aromatic N) is 5. The fraction of sp³-hybridized carbons (Fsp3) is 0.0800. The van der Waals surface area contributed by atoms with Crippen molar-refractivity contribution in [2.75, 3.05) is 7.11 Å². The number of H-pyrrole nitrogens is 2. The predicted molar refractivity (Wildman–Crippen MR) is 127 cm³/mol. The number of halogens is 1. The van der Waals surface area contributed by atoms with Crippen LogP contribution in [0.5, 0.6) is 5.75 Å². The standard InChI is InChI=1S/C25H18FN7O/c1-13-7-14(9-16(26)8-13)18-5-6-28-24-21(18)30-25(31-24)23-22-20(32-33-23)4-3-19(29-22)15-10-17(34-2)12-27-11-15/h3-12H,1-2H3,(H,32,33)(H,28,30,31). The van der Waals surface area contributed by atoms with Crippen LogP contribution in [0, 0.1) is 12.7 Å². The summed E-state index contributed by atoms with van der Waals surface area (Å²) < 4.78 is 19.3. The van der Waals surface area contributed by atoms with Crippen molar-refractivity contribution in [3.8, 4) is 39.7 Å². The van der Waals surface area contributed by atoms with Gasteiger partial charge in [-0.15, -0.1) is 0 Å². The molecule has 34 heavy (non-hydrogen) atoms. The fourth-order valence-electron chi connectivity index (χ4n) is 4.05. The second-order valence-electron chi connectivity index (χ2n) is 7.94. The molecule has 0 bridgehead atoms. The Balaban J connectivity index is 1.49. The third-order valence-electron chi connectivity index (χ3n) is 5.62. The molecule has 5 heterocycles. The number of aromatic amines is 2. The molecule has 1 aromatic carbocycles. The number of methoxy groups -OCH3 is 1. The van der Waals surface area contributed by atoms with Gasteiger partial charge in [0.15, 0.2) is 17.2 Å². The largest absolute Gasteiger partial charge is 0.495 e. The second kappa shape index (κ2) is 7.73. The summed E-state index contributed by atoms with van der Waals surface area (Å²) in [6, 6.07) is 12.4. The van der Waals surface area contributed by atoms with Crippen molar-refractivity contribution in [1.29, 1.82) is 0 Å². The highest BCUT2D eigenvalue weighted by atomic mass is 19.1. The van der Waals surface area contributed by atoms with Crippen LogP contribution in [0.1, 0.15) is 5.56 Å². The molecule has 6 aromatic rings. The fourth-order valence-corrected chi connectivity index (χ4v) is 4.05. The summed E-state index contributed by atoms with van der Waals surface area (Å²) in [5, 5.41) is 7.46. The topological polar surface area (TPSA) is 105 Å². The van der Waals surface area contributed by atoms with E-state index in [-0.39, 0.29) is 5.82 Å². The number of nitrogens with one attached hydrogen (secondary N) is 2. The van der Waals surface area contributed by atoms with Crippen molar-refractivity contribution < 1.29 is 9.13 Å². The molecular formula is C25H18FN7O. The van der Waals surface area contributed by atoms with Gasteiger partial charge in [0, 0.05) is 23.5 Å². The average Bonchev–Trinajstić information content (AvgIpc) is 3.46. The molecule has 166 valence electrons. The molecule has 8 nitrogen and oxygen atoms in total. The maximum absolute atomic E-state index is 14.1. The Morgan fingerprint density at radius 1 is 0.971 bits per heavy atom. The molecule has 6 rings (SSSR count). The Morgan fingerprint density at radius 2 is 1.88 bits per heavy atom. The lowest BCUT2D eigenvalue weighted by molar-refractivity contribution is 0.413. The quantitative estimate of drug-likeness (QED) is 0.387. The minimum absolute atomic E-state index is 0.290. The number of aryl methyl sites for hydroxylation is 1. The smallest absolute Gasteiger partial charge is 0.178 e. The summed E-state index contributed by atoms with van der Waals surface area (Å²) in [6.45, 7) is 1.86. The molecule has 0 aliphatic heterocycles. The molecule has 0 atom stereocenters. The van der Waals surface area contributed by atoms with Gasteiger partial charge in [-0.2, -0.15) is 5.10 Å². The number of aromatic nitrogens is 7. The first kappa shape index (κ1) is 20.0. The van der Waals surface area contributed by atoms with Gasteiger partial charge in [0.1, 0.15) is 17.1 Å². The Bertz CT molecular complexity index is 1670. The first-order chi connectivity index (χ1) is 16.6. The highest BCUT2D eigenvalue weighted by Gasteiger charge is 2.18. The molecule has 0 spiro atoms. The van der Waals surface area contributed by atoms with Gasteiger partial charge in [0.2, 0.25) is 0 Å². The maximum atomic E-state index is 14.1. The van der Waals surface area contributed by atoms with E-state index in [4.69, 9.17) is 9.72 Å². The number of pyridine rings is 3. The number of rotatable bonds is 4. The summed E-state index contributed by atoms with van der Waals surface area (Å²) in [5.41, 5.74) is 7.14. The maximum Gasteiger partial charge on any atom is 0.178 e.